The summed E-state index contributed by atoms with van der Waals surface area (Å²) in [5.41, 5.74) is 1.59. The van der Waals surface area contributed by atoms with Gasteiger partial charge >= 0.3 is 0 Å². The Bertz CT molecular complexity index is 977. The quantitative estimate of drug-likeness (QED) is 0.557. The van der Waals surface area contributed by atoms with Crippen molar-refractivity contribution in [2.75, 3.05) is 7.11 Å². The molecular formula is C19H18Cl2N4O2S. The van der Waals surface area contributed by atoms with Gasteiger partial charge in [-0.3, -0.25) is 4.79 Å². The number of ether oxygens (including phenoxy) is 1. The first-order chi connectivity index (χ1) is 13.5. The van der Waals surface area contributed by atoms with E-state index in [2.05, 4.69) is 15.5 Å². The zero-order valence-electron chi connectivity index (χ0n) is 15.3. The van der Waals surface area contributed by atoms with Crippen LogP contribution < -0.4 is 10.1 Å². The number of nitrogens with one attached hydrogen (secondary N) is 1. The molecule has 0 bridgehead atoms. The van der Waals surface area contributed by atoms with Gasteiger partial charge in [-0.25, -0.2) is 0 Å². The van der Waals surface area contributed by atoms with Crippen molar-refractivity contribution in [3.8, 4) is 5.75 Å². The predicted octanol–water partition coefficient (Wildman–Crippen LogP) is 4.35. The molecule has 1 N–H and O–H groups in total. The molecule has 3 aromatic rings. The average molecular weight is 437 g/mol. The lowest BCUT2D eigenvalue weighted by atomic mass is 10.2. The minimum Gasteiger partial charge on any atom is -0.497 e. The molecule has 1 heterocycles. The Hall–Kier alpha value is -2.22. The van der Waals surface area contributed by atoms with Gasteiger partial charge in [-0.05, 0) is 42.0 Å². The molecule has 0 fully saturated rings. The molecule has 0 unspecified atom stereocenters. The standard InChI is InChI=1S/C19H18Cl2N4O2S/c1-25-17(10-22-18(26)13-4-6-14(27-2)7-5-13)23-24-19(25)28-11-12-3-8-15(20)16(21)9-12/h3-9H,10-11H2,1-2H3,(H,22,26). The molecule has 1 amide bonds. The monoisotopic (exact) mass is 436 g/mol. The van der Waals surface area contributed by atoms with E-state index in [0.717, 1.165) is 10.7 Å². The van der Waals surface area contributed by atoms with Gasteiger partial charge in [0.2, 0.25) is 0 Å². The van der Waals surface area contributed by atoms with Gasteiger partial charge in [0.25, 0.3) is 5.91 Å². The van der Waals surface area contributed by atoms with Gasteiger partial charge in [-0.1, -0.05) is 41.0 Å². The van der Waals surface area contributed by atoms with Crippen LogP contribution in [0.2, 0.25) is 10.0 Å². The molecule has 0 aliphatic carbocycles. The Labute approximate surface area is 177 Å². The summed E-state index contributed by atoms with van der Waals surface area (Å²) in [6.07, 6.45) is 0. The fraction of sp³-hybridized carbons (Fsp3) is 0.211. The summed E-state index contributed by atoms with van der Waals surface area (Å²) in [6.45, 7) is 0.279. The number of rotatable bonds is 7. The molecule has 0 spiro atoms. The van der Waals surface area contributed by atoms with Crippen molar-refractivity contribution < 1.29 is 9.53 Å². The van der Waals surface area contributed by atoms with E-state index in [0.29, 0.717) is 32.9 Å². The number of aromatic nitrogens is 3. The number of thioether (sulfide) groups is 1. The summed E-state index contributed by atoms with van der Waals surface area (Å²) < 4.78 is 6.95. The topological polar surface area (TPSA) is 69.0 Å². The maximum atomic E-state index is 12.3. The fourth-order valence-electron chi connectivity index (χ4n) is 2.41. The van der Waals surface area contributed by atoms with Crippen LogP contribution in [0.3, 0.4) is 0 Å². The lowest BCUT2D eigenvalue weighted by Crippen LogP contribution is -2.24. The second-order valence-corrected chi connectivity index (χ2v) is 7.66. The third-order valence-electron chi connectivity index (χ3n) is 4.04. The largest absolute Gasteiger partial charge is 0.497 e. The number of carbonyl (C=O) groups is 1. The van der Waals surface area contributed by atoms with Gasteiger partial charge in [0.1, 0.15) is 5.75 Å². The van der Waals surface area contributed by atoms with E-state index in [4.69, 9.17) is 27.9 Å². The number of benzene rings is 2. The molecule has 0 aliphatic rings. The molecule has 0 saturated carbocycles. The number of halogens is 2. The third-order valence-corrected chi connectivity index (χ3v) is 5.87. The van der Waals surface area contributed by atoms with Crippen LogP contribution in [-0.2, 0) is 19.3 Å². The Morgan fingerprint density at radius 2 is 1.89 bits per heavy atom. The van der Waals surface area contributed by atoms with Crippen molar-refractivity contribution in [3.05, 3.63) is 69.5 Å². The van der Waals surface area contributed by atoms with Crippen LogP contribution in [0.5, 0.6) is 5.75 Å². The number of carbonyl (C=O) groups excluding carboxylic acids is 1. The second kappa shape index (κ2) is 9.32. The van der Waals surface area contributed by atoms with Crippen LogP contribution in [-0.4, -0.2) is 27.8 Å². The summed E-state index contributed by atoms with van der Waals surface area (Å²) in [5, 5.41) is 13.0. The van der Waals surface area contributed by atoms with E-state index in [1.54, 1.807) is 37.4 Å². The van der Waals surface area contributed by atoms with Gasteiger partial charge in [-0.2, -0.15) is 0 Å². The molecule has 3 rings (SSSR count). The molecule has 2 aromatic carbocycles. The van der Waals surface area contributed by atoms with Crippen LogP contribution in [0.25, 0.3) is 0 Å². The summed E-state index contributed by atoms with van der Waals surface area (Å²) >= 11 is 13.5. The van der Waals surface area contributed by atoms with E-state index < -0.39 is 0 Å². The van der Waals surface area contributed by atoms with E-state index in [1.807, 2.05) is 23.7 Å². The summed E-state index contributed by atoms with van der Waals surface area (Å²) in [7, 11) is 3.45. The van der Waals surface area contributed by atoms with E-state index >= 15 is 0 Å². The first kappa shape index (κ1) is 20.5. The molecule has 0 radical (unpaired) electrons. The number of amides is 1. The summed E-state index contributed by atoms with van der Waals surface area (Å²) in [6, 6.07) is 12.4. The highest BCUT2D eigenvalue weighted by Crippen LogP contribution is 2.27. The third kappa shape index (κ3) is 4.98. The van der Waals surface area contributed by atoms with Gasteiger partial charge < -0.3 is 14.6 Å². The second-order valence-electron chi connectivity index (χ2n) is 5.91. The lowest BCUT2D eigenvalue weighted by Gasteiger charge is -2.07. The molecule has 1 aromatic heterocycles. The zero-order valence-corrected chi connectivity index (χ0v) is 17.6. The van der Waals surface area contributed by atoms with Crippen LogP contribution in [0.15, 0.2) is 47.6 Å². The van der Waals surface area contributed by atoms with Crippen LogP contribution in [0.4, 0.5) is 0 Å². The van der Waals surface area contributed by atoms with Crippen LogP contribution in [0.1, 0.15) is 21.7 Å². The predicted molar refractivity (Wildman–Crippen MR) is 111 cm³/mol. The number of nitrogens with zero attached hydrogens (tertiary/aromatic N) is 3. The minimum atomic E-state index is -0.185. The smallest absolute Gasteiger partial charge is 0.251 e. The Morgan fingerprint density at radius 3 is 2.57 bits per heavy atom. The summed E-state index contributed by atoms with van der Waals surface area (Å²) in [5.74, 6) is 1.86. The first-order valence-electron chi connectivity index (χ1n) is 8.35. The van der Waals surface area contributed by atoms with Gasteiger partial charge in [-0.15, -0.1) is 10.2 Å². The van der Waals surface area contributed by atoms with Gasteiger partial charge in [0, 0.05) is 18.4 Å². The Balaban J connectivity index is 1.57. The molecule has 6 nitrogen and oxygen atoms in total. The highest BCUT2D eigenvalue weighted by molar-refractivity contribution is 7.98. The Kier molecular flexibility index (Phi) is 6.83. The van der Waals surface area contributed by atoms with Crippen LogP contribution >= 0.6 is 35.0 Å². The zero-order chi connectivity index (χ0) is 20.1. The highest BCUT2D eigenvalue weighted by atomic mass is 35.5. The molecule has 28 heavy (non-hydrogen) atoms. The molecule has 9 heteroatoms. The van der Waals surface area contributed by atoms with Crippen molar-refractivity contribution in [1.29, 1.82) is 0 Å². The van der Waals surface area contributed by atoms with Crippen molar-refractivity contribution in [2.24, 2.45) is 7.05 Å². The SMILES string of the molecule is COc1ccc(C(=O)NCc2nnc(SCc3ccc(Cl)c(Cl)c3)n2C)cc1. The van der Waals surface area contributed by atoms with Crippen molar-refractivity contribution in [3.63, 3.8) is 0 Å². The van der Waals surface area contributed by atoms with Crippen molar-refractivity contribution >= 4 is 40.9 Å². The lowest BCUT2D eigenvalue weighted by molar-refractivity contribution is 0.0949. The molecule has 0 aliphatic heterocycles. The van der Waals surface area contributed by atoms with Gasteiger partial charge in [0.15, 0.2) is 11.0 Å². The number of methoxy groups -OCH3 is 1. The molecular weight excluding hydrogens is 419 g/mol. The van der Waals surface area contributed by atoms with Crippen molar-refractivity contribution in [2.45, 2.75) is 17.5 Å². The number of hydrogen-bond acceptors (Lipinski definition) is 5. The van der Waals surface area contributed by atoms with E-state index in [9.17, 15) is 4.79 Å². The summed E-state index contributed by atoms with van der Waals surface area (Å²) in [4.78, 5) is 12.3. The van der Waals surface area contributed by atoms with E-state index in [1.165, 1.54) is 11.8 Å². The normalized spacial score (nSPS) is 10.7. The first-order valence-corrected chi connectivity index (χ1v) is 10.1. The van der Waals surface area contributed by atoms with Crippen LogP contribution in [0, 0.1) is 0 Å². The minimum absolute atomic E-state index is 0.185. The molecule has 0 saturated heterocycles. The fourth-order valence-corrected chi connectivity index (χ4v) is 3.60. The highest BCUT2D eigenvalue weighted by Gasteiger charge is 2.12. The average Bonchev–Trinajstić information content (AvgIpc) is 3.06. The maximum Gasteiger partial charge on any atom is 0.251 e. The maximum absolute atomic E-state index is 12.3. The van der Waals surface area contributed by atoms with Gasteiger partial charge in [0.05, 0.1) is 23.7 Å². The van der Waals surface area contributed by atoms with E-state index in [-0.39, 0.29) is 12.5 Å². The van der Waals surface area contributed by atoms with Crippen molar-refractivity contribution in [1.82, 2.24) is 20.1 Å². The molecule has 0 atom stereocenters. The molecule has 146 valence electrons. The number of hydrogen-bond donors (Lipinski definition) is 1. The Morgan fingerprint density at radius 1 is 1.14 bits per heavy atom.